The fourth-order valence-electron chi connectivity index (χ4n) is 4.82. The summed E-state index contributed by atoms with van der Waals surface area (Å²) in [6.45, 7) is 0.325. The third-order valence-corrected chi connectivity index (χ3v) is 8.22. The Labute approximate surface area is 227 Å². The van der Waals surface area contributed by atoms with Gasteiger partial charge in [-0.05, 0) is 75.8 Å². The van der Waals surface area contributed by atoms with Crippen molar-refractivity contribution in [1.82, 2.24) is 0 Å². The highest BCUT2D eigenvalue weighted by Gasteiger charge is 2.39. The van der Waals surface area contributed by atoms with Gasteiger partial charge in [0.05, 0.1) is 27.7 Å². The quantitative estimate of drug-likeness (QED) is 0.296. The van der Waals surface area contributed by atoms with Crippen molar-refractivity contribution in [3.63, 3.8) is 0 Å². The van der Waals surface area contributed by atoms with E-state index in [2.05, 4.69) is 39.5 Å². The van der Waals surface area contributed by atoms with E-state index in [1.807, 2.05) is 24.3 Å². The van der Waals surface area contributed by atoms with Gasteiger partial charge in [0.1, 0.15) is 6.61 Å². The fraction of sp³-hybridized carbons (Fsp3) is 0.231. The van der Waals surface area contributed by atoms with E-state index in [-0.39, 0.29) is 12.0 Å². The second-order valence-corrected chi connectivity index (χ2v) is 10.9. The second kappa shape index (κ2) is 9.83. The minimum Gasteiger partial charge on any atom is -0.493 e. The molecule has 5 rings (SSSR count). The Bertz CT molecular complexity index is 1300. The predicted molar refractivity (Wildman–Crippen MR) is 144 cm³/mol. The Morgan fingerprint density at radius 2 is 1.82 bits per heavy atom. The van der Waals surface area contributed by atoms with E-state index in [9.17, 15) is 0 Å². The van der Waals surface area contributed by atoms with Gasteiger partial charge in [-0.15, -0.1) is 0 Å². The van der Waals surface area contributed by atoms with Crippen LogP contribution in [0.2, 0.25) is 20.1 Å². The molecule has 0 saturated heterocycles. The third kappa shape index (κ3) is 4.52. The Hall–Kier alpha value is -1.56. The van der Waals surface area contributed by atoms with Crippen molar-refractivity contribution >= 4 is 68.0 Å². The molecule has 3 aromatic carbocycles. The van der Waals surface area contributed by atoms with Crippen LogP contribution in [0.4, 0.5) is 5.69 Å². The number of hydrogen-bond acceptors (Lipinski definition) is 3. The minimum atomic E-state index is 0.0522. The van der Waals surface area contributed by atoms with Gasteiger partial charge in [0, 0.05) is 27.2 Å². The van der Waals surface area contributed by atoms with Crippen LogP contribution in [0.3, 0.4) is 0 Å². The number of allylic oxidation sites excluding steroid dienone is 2. The molecule has 0 saturated carbocycles. The largest absolute Gasteiger partial charge is 0.493 e. The lowest BCUT2D eigenvalue weighted by molar-refractivity contribution is 0.282. The molecule has 8 heteroatoms. The monoisotopic (exact) mass is 597 g/mol. The average Bonchev–Trinajstić information content (AvgIpc) is 3.28. The number of fused-ring (bicyclic) bond motifs is 3. The highest BCUT2D eigenvalue weighted by molar-refractivity contribution is 9.10. The van der Waals surface area contributed by atoms with E-state index >= 15 is 0 Å². The van der Waals surface area contributed by atoms with E-state index in [0.717, 1.165) is 33.3 Å². The molecule has 3 aromatic rings. The summed E-state index contributed by atoms with van der Waals surface area (Å²) in [6, 6.07) is 13.4. The number of methoxy groups -OCH3 is 1. The smallest absolute Gasteiger partial charge is 0.175 e. The molecule has 176 valence electrons. The van der Waals surface area contributed by atoms with Crippen LogP contribution in [0.5, 0.6) is 11.5 Å². The molecule has 0 bridgehead atoms. The lowest BCUT2D eigenvalue weighted by Gasteiger charge is -2.38. The Balaban J connectivity index is 1.46. The van der Waals surface area contributed by atoms with Crippen LogP contribution in [0.25, 0.3) is 0 Å². The Morgan fingerprint density at radius 1 is 1.00 bits per heavy atom. The van der Waals surface area contributed by atoms with Gasteiger partial charge >= 0.3 is 0 Å². The van der Waals surface area contributed by atoms with Crippen LogP contribution in [-0.2, 0) is 6.61 Å². The summed E-state index contributed by atoms with van der Waals surface area (Å²) in [5, 5.41) is 5.99. The van der Waals surface area contributed by atoms with Crippen LogP contribution >= 0.6 is 62.3 Å². The van der Waals surface area contributed by atoms with Crippen LogP contribution in [-0.4, -0.2) is 7.11 Å². The summed E-state index contributed by atoms with van der Waals surface area (Å²) in [7, 11) is 1.64. The molecule has 0 amide bonds. The molecule has 0 radical (unpaired) electrons. The first-order chi connectivity index (χ1) is 16.4. The predicted octanol–water partition coefficient (Wildman–Crippen LogP) is 9.48. The molecule has 0 unspecified atom stereocenters. The molecule has 3 nitrogen and oxygen atoms in total. The van der Waals surface area contributed by atoms with Gasteiger partial charge in [0.2, 0.25) is 0 Å². The SMILES string of the molecule is COc1cc([C@@H]2Nc3cc(Cl)cc(Cl)c3[C@@H]3C=CC[C@H]32)cc(Br)c1OCc1ccc(Cl)c(Cl)c1. The van der Waals surface area contributed by atoms with Crippen LogP contribution in [0, 0.1) is 5.92 Å². The van der Waals surface area contributed by atoms with E-state index in [1.165, 1.54) is 0 Å². The zero-order valence-corrected chi connectivity index (χ0v) is 22.7. The summed E-state index contributed by atoms with van der Waals surface area (Å²) >= 11 is 28.8. The number of nitrogens with one attached hydrogen (secondary N) is 1. The maximum absolute atomic E-state index is 6.59. The number of ether oxygens (including phenoxy) is 2. The fourth-order valence-corrected chi connectivity index (χ4v) is 6.33. The highest BCUT2D eigenvalue weighted by Crippen LogP contribution is 2.53. The first-order valence-electron chi connectivity index (χ1n) is 10.7. The molecule has 0 aromatic heterocycles. The van der Waals surface area contributed by atoms with Crippen molar-refractivity contribution in [2.75, 3.05) is 12.4 Å². The summed E-state index contributed by atoms with van der Waals surface area (Å²) < 4.78 is 12.6. The van der Waals surface area contributed by atoms with Crippen molar-refractivity contribution in [1.29, 1.82) is 0 Å². The van der Waals surface area contributed by atoms with Gasteiger partial charge < -0.3 is 14.8 Å². The Kier molecular flexibility index (Phi) is 6.98. The van der Waals surface area contributed by atoms with Crippen molar-refractivity contribution in [2.24, 2.45) is 5.92 Å². The lowest BCUT2D eigenvalue weighted by Crippen LogP contribution is -2.29. The lowest BCUT2D eigenvalue weighted by atomic mass is 9.77. The molecule has 1 aliphatic carbocycles. The van der Waals surface area contributed by atoms with Crippen molar-refractivity contribution < 1.29 is 9.47 Å². The minimum absolute atomic E-state index is 0.0522. The normalized spacial score (nSPS) is 20.5. The standard InChI is InChI=1S/C26H20BrCl4NO2/c1-33-23-9-14(8-18(27)26(23)34-12-13-5-6-19(29)20(30)7-13)25-17-4-2-3-16(17)24-21(31)10-15(28)11-22(24)32-25/h2-3,5-11,16-17,25,32H,4,12H2,1H3/t16-,17-,25+/m1/s1. The third-order valence-electron chi connectivity index (χ3n) is 6.36. The molecule has 2 aliphatic rings. The van der Waals surface area contributed by atoms with Gasteiger partial charge in [0.15, 0.2) is 11.5 Å². The summed E-state index contributed by atoms with van der Waals surface area (Å²) in [5.41, 5.74) is 4.07. The molecular formula is C26H20BrCl4NO2. The molecule has 0 fully saturated rings. The van der Waals surface area contributed by atoms with Crippen molar-refractivity contribution in [3.05, 3.63) is 95.9 Å². The first-order valence-corrected chi connectivity index (χ1v) is 13.0. The van der Waals surface area contributed by atoms with Gasteiger partial charge in [-0.3, -0.25) is 0 Å². The van der Waals surface area contributed by atoms with Gasteiger partial charge in [0.25, 0.3) is 0 Å². The number of anilines is 1. The molecular weight excluding hydrogens is 580 g/mol. The number of halogens is 5. The van der Waals surface area contributed by atoms with Crippen molar-refractivity contribution in [3.8, 4) is 11.5 Å². The second-order valence-electron chi connectivity index (χ2n) is 8.40. The molecule has 3 atom stereocenters. The molecule has 1 N–H and O–H groups in total. The number of rotatable bonds is 5. The van der Waals surface area contributed by atoms with Gasteiger partial charge in [-0.1, -0.05) is 64.6 Å². The number of hydrogen-bond donors (Lipinski definition) is 1. The zero-order valence-electron chi connectivity index (χ0n) is 18.0. The first kappa shape index (κ1) is 24.1. The number of benzene rings is 3. The topological polar surface area (TPSA) is 30.5 Å². The van der Waals surface area contributed by atoms with E-state index in [0.29, 0.717) is 44.1 Å². The van der Waals surface area contributed by atoms with Gasteiger partial charge in [-0.25, -0.2) is 0 Å². The molecule has 1 aliphatic heterocycles. The van der Waals surface area contributed by atoms with Crippen molar-refractivity contribution in [2.45, 2.75) is 25.0 Å². The molecule has 34 heavy (non-hydrogen) atoms. The summed E-state index contributed by atoms with van der Waals surface area (Å²) in [5.74, 6) is 1.82. The summed E-state index contributed by atoms with van der Waals surface area (Å²) in [4.78, 5) is 0. The van der Waals surface area contributed by atoms with Crippen LogP contribution < -0.4 is 14.8 Å². The highest BCUT2D eigenvalue weighted by atomic mass is 79.9. The van der Waals surface area contributed by atoms with Crippen LogP contribution in [0.1, 0.15) is 35.1 Å². The Morgan fingerprint density at radius 3 is 2.59 bits per heavy atom. The van der Waals surface area contributed by atoms with E-state index in [4.69, 9.17) is 55.9 Å². The van der Waals surface area contributed by atoms with E-state index in [1.54, 1.807) is 19.2 Å². The van der Waals surface area contributed by atoms with Gasteiger partial charge in [-0.2, -0.15) is 0 Å². The maximum atomic E-state index is 6.59. The maximum Gasteiger partial charge on any atom is 0.175 e. The van der Waals surface area contributed by atoms with E-state index < -0.39 is 0 Å². The summed E-state index contributed by atoms with van der Waals surface area (Å²) in [6.07, 6.45) is 5.43. The van der Waals surface area contributed by atoms with Crippen LogP contribution in [0.15, 0.2) is 59.1 Å². The molecule has 0 spiro atoms. The molecule has 1 heterocycles. The zero-order chi connectivity index (χ0) is 24.0. The average molecular weight is 600 g/mol.